The number of oxime groups is 1. The zero-order chi connectivity index (χ0) is 14.5. The van der Waals surface area contributed by atoms with E-state index >= 15 is 0 Å². The molecule has 6 nitrogen and oxygen atoms in total. The number of benzene rings is 1. The van der Waals surface area contributed by atoms with Crippen LogP contribution in [0.2, 0.25) is 0 Å². The van der Waals surface area contributed by atoms with E-state index < -0.39 is 0 Å². The van der Waals surface area contributed by atoms with Gasteiger partial charge in [0.2, 0.25) is 5.71 Å². The Balaban J connectivity index is 2.15. The predicted octanol–water partition coefficient (Wildman–Crippen LogP) is 1.63. The van der Waals surface area contributed by atoms with E-state index in [1.807, 2.05) is 30.3 Å². The first kappa shape index (κ1) is 14.0. The Labute approximate surface area is 119 Å². The number of hydrogen-bond acceptors (Lipinski definition) is 6. The fourth-order valence-corrected chi connectivity index (χ4v) is 2.26. The summed E-state index contributed by atoms with van der Waals surface area (Å²) < 4.78 is 0.967. The van der Waals surface area contributed by atoms with Gasteiger partial charge in [-0.2, -0.15) is 5.26 Å². The standard InChI is InChI=1S/C13H12N4O2S/c1-17(2)12(18)8-19-16-10(7-14)13-15-9-5-3-4-6-11(9)20-13/h3-6H,8H2,1-2H3/b16-10+. The van der Waals surface area contributed by atoms with Crippen molar-refractivity contribution < 1.29 is 9.63 Å². The monoisotopic (exact) mass is 288 g/mol. The number of nitrogens with zero attached hydrogens (tertiary/aromatic N) is 4. The third-order valence-electron chi connectivity index (χ3n) is 2.45. The largest absolute Gasteiger partial charge is 0.384 e. The SMILES string of the molecule is CN(C)C(=O)CO/N=C(\C#N)c1nc2ccccc2s1. The van der Waals surface area contributed by atoms with Gasteiger partial charge >= 0.3 is 0 Å². The number of thiazole rings is 1. The molecule has 0 saturated carbocycles. The summed E-state index contributed by atoms with van der Waals surface area (Å²) in [5, 5.41) is 13.3. The Morgan fingerprint density at radius 1 is 1.50 bits per heavy atom. The third-order valence-corrected chi connectivity index (χ3v) is 3.49. The first-order chi connectivity index (χ1) is 9.61. The molecule has 0 aliphatic rings. The average molecular weight is 288 g/mol. The van der Waals surface area contributed by atoms with E-state index in [0.29, 0.717) is 5.01 Å². The van der Waals surface area contributed by atoms with Crippen molar-refractivity contribution in [3.05, 3.63) is 29.3 Å². The fraction of sp³-hybridized carbons (Fsp3) is 0.231. The number of carbonyl (C=O) groups excluding carboxylic acids is 1. The summed E-state index contributed by atoms with van der Waals surface area (Å²) in [4.78, 5) is 21.9. The van der Waals surface area contributed by atoms with Gasteiger partial charge in [0.25, 0.3) is 5.91 Å². The minimum Gasteiger partial charge on any atom is -0.384 e. The number of rotatable bonds is 4. The third kappa shape index (κ3) is 3.10. The Morgan fingerprint density at radius 3 is 2.90 bits per heavy atom. The molecule has 0 unspecified atom stereocenters. The highest BCUT2D eigenvalue weighted by Crippen LogP contribution is 2.21. The van der Waals surface area contributed by atoms with Gasteiger partial charge in [-0.25, -0.2) is 4.98 Å². The van der Waals surface area contributed by atoms with Crippen molar-refractivity contribution in [1.29, 1.82) is 5.26 Å². The average Bonchev–Trinajstić information content (AvgIpc) is 2.86. The second kappa shape index (κ2) is 6.12. The highest BCUT2D eigenvalue weighted by Gasteiger charge is 2.11. The molecule has 1 aromatic carbocycles. The molecule has 0 aliphatic carbocycles. The molecule has 0 aliphatic heterocycles. The fourth-order valence-electron chi connectivity index (χ4n) is 1.36. The molecule has 7 heteroatoms. The van der Waals surface area contributed by atoms with Gasteiger partial charge in [0, 0.05) is 14.1 Å². The van der Waals surface area contributed by atoms with Crippen LogP contribution >= 0.6 is 11.3 Å². The lowest BCUT2D eigenvalue weighted by atomic mass is 10.3. The quantitative estimate of drug-likeness (QED) is 0.632. The van der Waals surface area contributed by atoms with Crippen molar-refractivity contribution in [3.8, 4) is 6.07 Å². The smallest absolute Gasteiger partial charge is 0.262 e. The van der Waals surface area contributed by atoms with Gasteiger partial charge in [0.05, 0.1) is 10.2 Å². The van der Waals surface area contributed by atoms with E-state index in [1.54, 1.807) is 14.1 Å². The Bertz CT molecular complexity index is 667. The summed E-state index contributed by atoms with van der Waals surface area (Å²) in [6, 6.07) is 9.49. The summed E-state index contributed by atoms with van der Waals surface area (Å²) in [5.41, 5.74) is 0.873. The van der Waals surface area contributed by atoms with Crippen molar-refractivity contribution >= 4 is 33.2 Å². The first-order valence-electron chi connectivity index (χ1n) is 5.78. The van der Waals surface area contributed by atoms with Crippen LogP contribution in [-0.2, 0) is 9.63 Å². The van der Waals surface area contributed by atoms with Crippen LogP contribution in [0.5, 0.6) is 0 Å². The molecular weight excluding hydrogens is 276 g/mol. The van der Waals surface area contributed by atoms with Crippen LogP contribution in [0.3, 0.4) is 0 Å². The normalized spacial score (nSPS) is 11.2. The number of para-hydroxylation sites is 1. The van der Waals surface area contributed by atoms with Gasteiger partial charge in [-0.15, -0.1) is 11.3 Å². The maximum Gasteiger partial charge on any atom is 0.262 e. The first-order valence-corrected chi connectivity index (χ1v) is 6.59. The van der Waals surface area contributed by atoms with Crippen LogP contribution in [0.1, 0.15) is 5.01 Å². The van der Waals surface area contributed by atoms with Crippen LogP contribution in [0.4, 0.5) is 0 Å². The second-order valence-electron chi connectivity index (χ2n) is 4.10. The van der Waals surface area contributed by atoms with E-state index in [4.69, 9.17) is 10.1 Å². The topological polar surface area (TPSA) is 78.6 Å². The minimum absolute atomic E-state index is 0.0674. The van der Waals surface area contributed by atoms with E-state index in [2.05, 4.69) is 10.1 Å². The number of hydrogen-bond donors (Lipinski definition) is 0. The molecule has 0 spiro atoms. The van der Waals surface area contributed by atoms with E-state index in [0.717, 1.165) is 10.2 Å². The van der Waals surface area contributed by atoms with Crippen LogP contribution in [0.25, 0.3) is 10.2 Å². The number of nitriles is 1. The molecule has 20 heavy (non-hydrogen) atoms. The van der Waals surface area contributed by atoms with Crippen LogP contribution in [-0.4, -0.2) is 42.2 Å². The molecular formula is C13H12N4O2S. The van der Waals surface area contributed by atoms with Crippen molar-refractivity contribution in [1.82, 2.24) is 9.88 Å². The summed E-state index contributed by atoms with van der Waals surface area (Å²) in [5.74, 6) is -0.227. The van der Waals surface area contributed by atoms with Crippen LogP contribution in [0.15, 0.2) is 29.4 Å². The van der Waals surface area contributed by atoms with E-state index in [1.165, 1.54) is 16.2 Å². The maximum absolute atomic E-state index is 11.3. The molecule has 2 aromatic rings. The zero-order valence-corrected chi connectivity index (χ0v) is 11.8. The lowest BCUT2D eigenvalue weighted by Gasteiger charge is -2.07. The molecule has 1 amide bonds. The second-order valence-corrected chi connectivity index (χ2v) is 5.13. The summed E-state index contributed by atoms with van der Waals surface area (Å²) in [7, 11) is 3.24. The number of likely N-dealkylation sites (N-methyl/N-ethyl adjacent to an activating group) is 1. The molecule has 0 radical (unpaired) electrons. The lowest BCUT2D eigenvalue weighted by molar-refractivity contribution is -0.133. The Hall–Kier alpha value is -2.46. The number of amides is 1. The number of aromatic nitrogens is 1. The van der Waals surface area contributed by atoms with Crippen LogP contribution in [0, 0.1) is 11.3 Å². The predicted molar refractivity (Wildman–Crippen MR) is 76.4 cm³/mol. The molecule has 1 heterocycles. The van der Waals surface area contributed by atoms with Crippen molar-refractivity contribution in [2.75, 3.05) is 20.7 Å². The van der Waals surface area contributed by atoms with Crippen molar-refractivity contribution in [3.63, 3.8) is 0 Å². The Kier molecular flexibility index (Phi) is 4.27. The van der Waals surface area contributed by atoms with Gasteiger partial charge in [-0.1, -0.05) is 17.3 Å². The van der Waals surface area contributed by atoms with Gasteiger partial charge < -0.3 is 9.74 Å². The zero-order valence-electron chi connectivity index (χ0n) is 11.0. The van der Waals surface area contributed by atoms with E-state index in [-0.39, 0.29) is 18.2 Å². The summed E-state index contributed by atoms with van der Waals surface area (Å²) >= 11 is 1.36. The van der Waals surface area contributed by atoms with Crippen LogP contribution < -0.4 is 0 Å². The molecule has 0 bridgehead atoms. The van der Waals surface area contributed by atoms with Gasteiger partial charge in [-0.3, -0.25) is 4.79 Å². The highest BCUT2D eigenvalue weighted by molar-refractivity contribution is 7.20. The molecule has 1 aromatic heterocycles. The molecule has 0 fully saturated rings. The lowest BCUT2D eigenvalue weighted by Crippen LogP contribution is -2.25. The Morgan fingerprint density at radius 2 is 2.25 bits per heavy atom. The molecule has 102 valence electrons. The van der Waals surface area contributed by atoms with E-state index in [9.17, 15) is 4.79 Å². The molecule has 2 rings (SSSR count). The molecule has 0 atom stereocenters. The molecule has 0 N–H and O–H groups in total. The van der Waals surface area contributed by atoms with Gasteiger partial charge in [0.15, 0.2) is 11.6 Å². The van der Waals surface area contributed by atoms with Gasteiger partial charge in [0.1, 0.15) is 6.07 Å². The summed E-state index contributed by atoms with van der Waals surface area (Å²) in [6.45, 7) is -0.205. The van der Waals surface area contributed by atoms with Crippen molar-refractivity contribution in [2.45, 2.75) is 0 Å². The van der Waals surface area contributed by atoms with Gasteiger partial charge in [-0.05, 0) is 12.1 Å². The maximum atomic E-state index is 11.3. The van der Waals surface area contributed by atoms with Crippen molar-refractivity contribution in [2.24, 2.45) is 5.16 Å². The highest BCUT2D eigenvalue weighted by atomic mass is 32.1. The number of fused-ring (bicyclic) bond motifs is 1. The molecule has 0 saturated heterocycles. The minimum atomic E-state index is -0.227. The summed E-state index contributed by atoms with van der Waals surface area (Å²) in [6.07, 6.45) is 0. The number of carbonyl (C=O) groups is 1.